The fraction of sp³-hybridized carbons (Fsp3) is 0.600. The van der Waals surface area contributed by atoms with Crippen LogP contribution in [-0.2, 0) is 6.42 Å². The van der Waals surface area contributed by atoms with Crippen molar-refractivity contribution >= 4 is 23.0 Å². The molecule has 0 radical (unpaired) electrons. The van der Waals surface area contributed by atoms with Gasteiger partial charge < -0.3 is 3.07 Å². The standard InChI is InChI=1S/C15H23IO/c1-2-3-4-5-6-7-8-11-14-12-9-10-13-15(14)17-16/h9-10,12-13H,2-8,11H2,1H3. The smallest absolute Gasteiger partial charge is 0.192 e. The number of halogens is 1. The van der Waals surface area contributed by atoms with Crippen molar-refractivity contribution in [3.63, 3.8) is 0 Å². The minimum absolute atomic E-state index is 1.03. The molecule has 0 amide bonds. The third-order valence-electron chi connectivity index (χ3n) is 3.11. The minimum atomic E-state index is 1.03. The molecule has 1 aromatic carbocycles. The van der Waals surface area contributed by atoms with Crippen LogP contribution < -0.4 is 3.07 Å². The molecule has 0 spiro atoms. The molecule has 0 aliphatic rings. The van der Waals surface area contributed by atoms with Crippen molar-refractivity contribution < 1.29 is 3.07 Å². The van der Waals surface area contributed by atoms with Crippen molar-refractivity contribution in [3.05, 3.63) is 29.8 Å². The molecule has 0 N–H and O–H groups in total. The normalized spacial score (nSPS) is 10.5. The highest BCUT2D eigenvalue weighted by Gasteiger charge is 2.01. The van der Waals surface area contributed by atoms with E-state index in [1.54, 1.807) is 0 Å². The van der Waals surface area contributed by atoms with Gasteiger partial charge in [0.2, 0.25) is 0 Å². The van der Waals surface area contributed by atoms with Crippen molar-refractivity contribution in [2.75, 3.05) is 0 Å². The Hall–Kier alpha value is -0.250. The topological polar surface area (TPSA) is 9.23 Å². The lowest BCUT2D eigenvalue weighted by molar-refractivity contribution is 0.586. The number of hydrogen-bond acceptors (Lipinski definition) is 1. The van der Waals surface area contributed by atoms with Crippen molar-refractivity contribution in [1.82, 2.24) is 0 Å². The second-order valence-electron chi connectivity index (χ2n) is 4.56. The number of hydrogen-bond donors (Lipinski definition) is 0. The zero-order valence-corrected chi connectivity index (χ0v) is 12.9. The van der Waals surface area contributed by atoms with Crippen LogP contribution in [0.2, 0.25) is 0 Å². The zero-order chi connectivity index (χ0) is 12.3. The Morgan fingerprint density at radius 1 is 0.941 bits per heavy atom. The molecule has 0 aliphatic carbocycles. The number of rotatable bonds is 9. The molecular formula is C15H23IO. The monoisotopic (exact) mass is 346 g/mol. The number of benzene rings is 1. The van der Waals surface area contributed by atoms with Gasteiger partial charge in [-0.25, -0.2) is 0 Å². The van der Waals surface area contributed by atoms with E-state index in [1.165, 1.54) is 50.5 Å². The first-order valence-electron chi connectivity index (χ1n) is 6.75. The number of unbranched alkanes of at least 4 members (excludes halogenated alkanes) is 6. The first-order valence-corrected chi connectivity index (χ1v) is 7.63. The summed E-state index contributed by atoms with van der Waals surface area (Å²) in [7, 11) is 0. The van der Waals surface area contributed by atoms with Crippen LogP contribution in [-0.4, -0.2) is 0 Å². The molecule has 0 heterocycles. The molecule has 1 rings (SSSR count). The number of aryl methyl sites for hydroxylation is 1. The molecule has 96 valence electrons. The minimum Gasteiger partial charge on any atom is -0.427 e. The molecule has 2 heteroatoms. The first-order chi connectivity index (χ1) is 8.38. The quantitative estimate of drug-likeness (QED) is 0.411. The van der Waals surface area contributed by atoms with Crippen molar-refractivity contribution in [3.8, 4) is 5.75 Å². The van der Waals surface area contributed by atoms with Gasteiger partial charge >= 0.3 is 0 Å². The molecule has 0 fully saturated rings. The summed E-state index contributed by atoms with van der Waals surface area (Å²) in [6, 6.07) is 8.34. The molecule has 0 aromatic heterocycles. The molecule has 0 atom stereocenters. The van der Waals surface area contributed by atoms with E-state index in [4.69, 9.17) is 3.07 Å². The third kappa shape index (κ3) is 6.29. The summed E-state index contributed by atoms with van der Waals surface area (Å²) >= 11 is 1.96. The van der Waals surface area contributed by atoms with Crippen LogP contribution in [0.1, 0.15) is 57.4 Å². The summed E-state index contributed by atoms with van der Waals surface area (Å²) in [6.07, 6.45) is 10.7. The summed E-state index contributed by atoms with van der Waals surface area (Å²) < 4.78 is 5.33. The average Bonchev–Trinajstić information content (AvgIpc) is 2.38. The zero-order valence-electron chi connectivity index (χ0n) is 10.8. The van der Waals surface area contributed by atoms with Crippen molar-refractivity contribution in [2.24, 2.45) is 0 Å². The SMILES string of the molecule is CCCCCCCCCc1ccccc1OI. The van der Waals surface area contributed by atoms with Crippen LogP contribution in [0.5, 0.6) is 5.75 Å². The van der Waals surface area contributed by atoms with E-state index >= 15 is 0 Å². The van der Waals surface area contributed by atoms with Gasteiger partial charge in [0, 0.05) is 0 Å². The highest BCUT2D eigenvalue weighted by Crippen LogP contribution is 2.22. The Labute approximate surface area is 120 Å². The largest absolute Gasteiger partial charge is 0.427 e. The third-order valence-corrected chi connectivity index (χ3v) is 3.58. The molecule has 0 saturated heterocycles. The van der Waals surface area contributed by atoms with Gasteiger partial charge in [0.25, 0.3) is 0 Å². The average molecular weight is 346 g/mol. The molecule has 1 nitrogen and oxygen atoms in total. The lowest BCUT2D eigenvalue weighted by Crippen LogP contribution is -1.89. The lowest BCUT2D eigenvalue weighted by Gasteiger charge is -2.06. The van der Waals surface area contributed by atoms with Gasteiger partial charge in [-0.2, -0.15) is 0 Å². The second kappa shape index (κ2) is 9.75. The van der Waals surface area contributed by atoms with E-state index in [9.17, 15) is 0 Å². The Kier molecular flexibility index (Phi) is 8.49. The van der Waals surface area contributed by atoms with Gasteiger partial charge in [0.05, 0.1) is 0 Å². The fourth-order valence-corrected chi connectivity index (χ4v) is 2.49. The van der Waals surface area contributed by atoms with Crippen LogP contribution in [0, 0.1) is 0 Å². The maximum atomic E-state index is 5.33. The molecule has 0 aliphatic heterocycles. The number of para-hydroxylation sites is 1. The molecule has 17 heavy (non-hydrogen) atoms. The maximum Gasteiger partial charge on any atom is 0.192 e. The van der Waals surface area contributed by atoms with E-state index in [1.807, 2.05) is 35.1 Å². The van der Waals surface area contributed by atoms with Crippen LogP contribution in [0.15, 0.2) is 24.3 Å². The molecular weight excluding hydrogens is 323 g/mol. The Balaban J connectivity index is 2.13. The van der Waals surface area contributed by atoms with E-state index < -0.39 is 0 Å². The van der Waals surface area contributed by atoms with Gasteiger partial charge in [-0.3, -0.25) is 0 Å². The van der Waals surface area contributed by atoms with Gasteiger partial charge in [0.1, 0.15) is 5.75 Å². The van der Waals surface area contributed by atoms with E-state index in [2.05, 4.69) is 19.1 Å². The summed E-state index contributed by atoms with van der Waals surface area (Å²) in [5, 5.41) is 0. The van der Waals surface area contributed by atoms with Crippen molar-refractivity contribution in [2.45, 2.75) is 58.3 Å². The molecule has 0 bridgehead atoms. The van der Waals surface area contributed by atoms with Crippen LogP contribution in [0.4, 0.5) is 0 Å². The summed E-state index contributed by atoms with van der Waals surface area (Å²) in [5.41, 5.74) is 1.34. The maximum absolute atomic E-state index is 5.33. The van der Waals surface area contributed by atoms with E-state index in [0.29, 0.717) is 0 Å². The molecule has 1 aromatic rings. The summed E-state index contributed by atoms with van der Waals surface area (Å²) in [6.45, 7) is 2.26. The predicted molar refractivity (Wildman–Crippen MR) is 82.8 cm³/mol. The van der Waals surface area contributed by atoms with E-state index in [0.717, 1.165) is 12.2 Å². The highest BCUT2D eigenvalue weighted by atomic mass is 127. The van der Waals surface area contributed by atoms with Gasteiger partial charge in [-0.05, 0) is 24.5 Å². The van der Waals surface area contributed by atoms with Gasteiger partial charge in [0.15, 0.2) is 23.0 Å². The Bertz CT molecular complexity index is 299. The van der Waals surface area contributed by atoms with Crippen LogP contribution in [0.3, 0.4) is 0 Å². The highest BCUT2D eigenvalue weighted by molar-refractivity contribution is 14.1. The van der Waals surface area contributed by atoms with E-state index in [-0.39, 0.29) is 0 Å². The summed E-state index contributed by atoms with van der Waals surface area (Å²) in [5.74, 6) is 1.03. The summed E-state index contributed by atoms with van der Waals surface area (Å²) in [4.78, 5) is 0. The fourth-order valence-electron chi connectivity index (χ4n) is 2.06. The second-order valence-corrected chi connectivity index (χ2v) is 5.00. The molecule has 0 saturated carbocycles. The van der Waals surface area contributed by atoms with Gasteiger partial charge in [-0.1, -0.05) is 63.6 Å². The molecule has 0 unspecified atom stereocenters. The van der Waals surface area contributed by atoms with Crippen molar-refractivity contribution in [1.29, 1.82) is 0 Å². The van der Waals surface area contributed by atoms with Crippen LogP contribution >= 0.6 is 23.0 Å². The van der Waals surface area contributed by atoms with Gasteiger partial charge in [-0.15, -0.1) is 0 Å². The lowest BCUT2D eigenvalue weighted by atomic mass is 10.0. The Morgan fingerprint density at radius 3 is 2.29 bits per heavy atom. The first kappa shape index (κ1) is 14.8. The predicted octanol–water partition coefficient (Wildman–Crippen LogP) is 5.71. The Morgan fingerprint density at radius 2 is 1.59 bits per heavy atom. The van der Waals surface area contributed by atoms with Crippen LogP contribution in [0.25, 0.3) is 0 Å².